The zero-order valence-electron chi connectivity index (χ0n) is 13.0. The molecule has 1 aromatic carbocycles. The first kappa shape index (κ1) is 14.8. The van der Waals surface area contributed by atoms with Crippen LogP contribution in [0.1, 0.15) is 40.2 Å². The van der Waals surface area contributed by atoms with Gasteiger partial charge in [-0.3, -0.25) is 0 Å². The van der Waals surface area contributed by atoms with Gasteiger partial charge in [-0.05, 0) is 12.1 Å². The number of benzene rings is 1. The highest BCUT2D eigenvalue weighted by Crippen LogP contribution is 2.69. The van der Waals surface area contributed by atoms with Crippen LogP contribution in [0.15, 0.2) is 18.2 Å². The SMILES string of the molecule is CC(C)(C)C12OOC1(c1cc(O)cc(F)c1)OCC2(C)C. The highest BCUT2D eigenvalue weighted by Gasteiger charge is 2.81. The molecule has 2 aliphatic rings. The molecule has 2 aliphatic heterocycles. The summed E-state index contributed by atoms with van der Waals surface area (Å²) in [4.78, 5) is 11.0. The van der Waals surface area contributed by atoms with E-state index >= 15 is 0 Å². The van der Waals surface area contributed by atoms with Gasteiger partial charge in [0.2, 0.25) is 0 Å². The molecule has 1 N–H and O–H groups in total. The molecule has 0 bridgehead atoms. The molecule has 1 aromatic rings. The molecule has 3 rings (SSSR count). The normalized spacial score (nSPS) is 34.4. The summed E-state index contributed by atoms with van der Waals surface area (Å²) < 4.78 is 19.7. The highest BCUT2D eigenvalue weighted by molar-refractivity contribution is 5.37. The summed E-state index contributed by atoms with van der Waals surface area (Å²) >= 11 is 0. The Kier molecular flexibility index (Phi) is 2.79. The number of ether oxygens (including phenoxy) is 1. The summed E-state index contributed by atoms with van der Waals surface area (Å²) in [6, 6.07) is 3.84. The quantitative estimate of drug-likeness (QED) is 0.806. The average molecular weight is 296 g/mol. The van der Waals surface area contributed by atoms with Crippen LogP contribution in [-0.2, 0) is 20.3 Å². The Morgan fingerprint density at radius 3 is 2.29 bits per heavy atom. The molecule has 0 spiro atoms. The van der Waals surface area contributed by atoms with Crippen molar-refractivity contribution in [1.82, 2.24) is 0 Å². The molecule has 5 heteroatoms. The fourth-order valence-electron chi connectivity index (χ4n) is 4.00. The fraction of sp³-hybridized carbons (Fsp3) is 0.625. The molecule has 2 unspecified atom stereocenters. The van der Waals surface area contributed by atoms with E-state index in [1.54, 1.807) is 0 Å². The van der Waals surface area contributed by atoms with E-state index in [4.69, 9.17) is 14.5 Å². The lowest BCUT2D eigenvalue weighted by atomic mass is 9.57. The van der Waals surface area contributed by atoms with Crippen molar-refractivity contribution >= 4 is 0 Å². The van der Waals surface area contributed by atoms with Crippen molar-refractivity contribution in [1.29, 1.82) is 0 Å². The topological polar surface area (TPSA) is 47.9 Å². The minimum atomic E-state index is -1.20. The summed E-state index contributed by atoms with van der Waals surface area (Å²) in [5, 5.41) is 9.70. The molecule has 2 saturated heterocycles. The van der Waals surface area contributed by atoms with Crippen molar-refractivity contribution < 1.29 is 24.0 Å². The van der Waals surface area contributed by atoms with Crippen LogP contribution in [0.25, 0.3) is 0 Å². The molecule has 0 aromatic heterocycles. The predicted octanol–water partition coefficient (Wildman–Crippen LogP) is 3.49. The van der Waals surface area contributed by atoms with Gasteiger partial charge in [-0.15, -0.1) is 0 Å². The first-order valence-corrected chi connectivity index (χ1v) is 7.07. The zero-order valence-corrected chi connectivity index (χ0v) is 13.0. The monoisotopic (exact) mass is 296 g/mol. The molecule has 2 heterocycles. The van der Waals surface area contributed by atoms with Crippen molar-refractivity contribution in [2.45, 2.75) is 46.0 Å². The van der Waals surface area contributed by atoms with Gasteiger partial charge in [-0.1, -0.05) is 34.6 Å². The van der Waals surface area contributed by atoms with Gasteiger partial charge in [-0.2, -0.15) is 4.89 Å². The van der Waals surface area contributed by atoms with E-state index < -0.39 is 17.2 Å². The Labute approximate surface area is 123 Å². The number of fused-ring (bicyclic) bond motifs is 1. The Balaban J connectivity index is 2.21. The Hall–Kier alpha value is -1.17. The molecule has 0 radical (unpaired) electrons. The molecule has 4 nitrogen and oxygen atoms in total. The van der Waals surface area contributed by atoms with E-state index in [0.717, 1.165) is 6.07 Å². The molecule has 116 valence electrons. The van der Waals surface area contributed by atoms with E-state index in [2.05, 4.69) is 0 Å². The lowest BCUT2D eigenvalue weighted by molar-refractivity contribution is -0.626. The number of hydrogen-bond acceptors (Lipinski definition) is 4. The molecule has 2 atom stereocenters. The molecule has 2 fully saturated rings. The lowest BCUT2D eigenvalue weighted by Gasteiger charge is -2.61. The first-order valence-electron chi connectivity index (χ1n) is 7.07. The first-order chi connectivity index (χ1) is 9.56. The molecule has 0 aliphatic carbocycles. The van der Waals surface area contributed by atoms with Crippen LogP contribution in [0.4, 0.5) is 4.39 Å². The maximum absolute atomic E-state index is 13.7. The third-order valence-electron chi connectivity index (χ3n) is 4.66. The summed E-state index contributed by atoms with van der Waals surface area (Å²) in [6.07, 6.45) is 0. The molecule has 0 amide bonds. The number of phenolic OH excluding ortho intramolecular Hbond substituents is 1. The number of aromatic hydroxyl groups is 1. The van der Waals surface area contributed by atoms with E-state index in [0.29, 0.717) is 12.2 Å². The zero-order chi connectivity index (χ0) is 15.7. The van der Waals surface area contributed by atoms with Crippen molar-refractivity contribution in [3.05, 3.63) is 29.6 Å². The van der Waals surface area contributed by atoms with Gasteiger partial charge in [0.25, 0.3) is 5.79 Å². The van der Waals surface area contributed by atoms with Gasteiger partial charge in [0.15, 0.2) is 5.60 Å². The number of phenols is 1. The van der Waals surface area contributed by atoms with E-state index in [9.17, 15) is 9.50 Å². The standard InChI is InChI=1S/C16H21FO4/c1-13(2,3)16-14(4,5)9-19-15(16,20-21-16)10-6-11(17)8-12(18)7-10/h6-8,18H,9H2,1-5H3. The minimum Gasteiger partial charge on any atom is -0.508 e. The van der Waals surface area contributed by atoms with Crippen molar-refractivity contribution in [3.8, 4) is 5.75 Å². The van der Waals surface area contributed by atoms with Gasteiger partial charge in [0.1, 0.15) is 11.6 Å². The van der Waals surface area contributed by atoms with E-state index in [-0.39, 0.29) is 16.6 Å². The van der Waals surface area contributed by atoms with E-state index in [1.807, 2.05) is 34.6 Å². The van der Waals surface area contributed by atoms with Crippen LogP contribution in [0.3, 0.4) is 0 Å². The van der Waals surface area contributed by atoms with Gasteiger partial charge in [-0.25, -0.2) is 9.28 Å². The number of halogens is 1. The van der Waals surface area contributed by atoms with Crippen LogP contribution < -0.4 is 0 Å². The second-order valence-electron chi connectivity index (χ2n) is 7.59. The summed E-state index contributed by atoms with van der Waals surface area (Å²) in [5.41, 5.74) is -0.974. The van der Waals surface area contributed by atoms with Crippen LogP contribution in [0.2, 0.25) is 0 Å². The third kappa shape index (κ3) is 1.59. The summed E-state index contributed by atoms with van der Waals surface area (Å²) in [5.74, 6) is -1.90. The van der Waals surface area contributed by atoms with Crippen LogP contribution in [-0.4, -0.2) is 17.3 Å². The van der Waals surface area contributed by atoms with Crippen LogP contribution in [0.5, 0.6) is 5.75 Å². The van der Waals surface area contributed by atoms with Crippen molar-refractivity contribution in [2.75, 3.05) is 6.61 Å². The smallest absolute Gasteiger partial charge is 0.261 e. The largest absolute Gasteiger partial charge is 0.508 e. The van der Waals surface area contributed by atoms with Crippen molar-refractivity contribution in [2.24, 2.45) is 10.8 Å². The second kappa shape index (κ2) is 3.97. The van der Waals surface area contributed by atoms with Gasteiger partial charge in [0.05, 0.1) is 6.61 Å². The fourth-order valence-corrected chi connectivity index (χ4v) is 4.00. The maximum atomic E-state index is 13.7. The lowest BCUT2D eigenvalue weighted by Crippen LogP contribution is -2.73. The van der Waals surface area contributed by atoms with Crippen molar-refractivity contribution in [3.63, 3.8) is 0 Å². The van der Waals surface area contributed by atoms with E-state index in [1.165, 1.54) is 12.1 Å². The number of hydrogen-bond donors (Lipinski definition) is 1. The minimum absolute atomic E-state index is 0.161. The third-order valence-corrected chi connectivity index (χ3v) is 4.66. The van der Waals surface area contributed by atoms with Gasteiger partial charge in [0, 0.05) is 22.5 Å². The second-order valence-corrected chi connectivity index (χ2v) is 7.59. The Bertz CT molecular complexity index is 572. The van der Waals surface area contributed by atoms with Crippen LogP contribution in [0, 0.1) is 16.6 Å². The molecule has 0 saturated carbocycles. The summed E-state index contributed by atoms with van der Waals surface area (Å²) in [6.45, 7) is 10.6. The number of rotatable bonds is 1. The molecular formula is C16H21FO4. The average Bonchev–Trinajstić information content (AvgIpc) is 2.39. The summed E-state index contributed by atoms with van der Waals surface area (Å²) in [7, 11) is 0. The highest BCUT2D eigenvalue weighted by atomic mass is 19.1. The molecule has 21 heavy (non-hydrogen) atoms. The Morgan fingerprint density at radius 1 is 1.14 bits per heavy atom. The Morgan fingerprint density at radius 2 is 1.81 bits per heavy atom. The van der Waals surface area contributed by atoms with Gasteiger partial charge >= 0.3 is 0 Å². The van der Waals surface area contributed by atoms with Crippen LogP contribution >= 0.6 is 0 Å². The molecular weight excluding hydrogens is 275 g/mol. The van der Waals surface area contributed by atoms with Gasteiger partial charge < -0.3 is 9.84 Å². The predicted molar refractivity (Wildman–Crippen MR) is 73.8 cm³/mol. The maximum Gasteiger partial charge on any atom is 0.261 e.